The van der Waals surface area contributed by atoms with Crippen LogP contribution in [0.1, 0.15) is 12.0 Å². The van der Waals surface area contributed by atoms with Gasteiger partial charge < -0.3 is 9.47 Å². The zero-order chi connectivity index (χ0) is 20.9. The molecule has 1 fully saturated rings. The first-order valence-corrected chi connectivity index (χ1v) is 12.0. The largest absolute Gasteiger partial charge is 0.371 e. The van der Waals surface area contributed by atoms with Gasteiger partial charge in [0.15, 0.2) is 5.82 Å². The molecule has 156 valence electrons. The van der Waals surface area contributed by atoms with E-state index in [4.69, 9.17) is 0 Å². The maximum absolute atomic E-state index is 13.4. The van der Waals surface area contributed by atoms with E-state index >= 15 is 0 Å². The monoisotopic (exact) mass is 525 g/mol. The van der Waals surface area contributed by atoms with Gasteiger partial charge in [-0.2, -0.15) is 5.10 Å². The maximum atomic E-state index is 13.4. The Morgan fingerprint density at radius 2 is 1.94 bits per heavy atom. The Morgan fingerprint density at radius 3 is 2.74 bits per heavy atom. The smallest absolute Gasteiger partial charge is 0.179 e. The molecule has 0 radical (unpaired) electrons. The summed E-state index contributed by atoms with van der Waals surface area (Å²) in [7, 11) is 0. The van der Waals surface area contributed by atoms with Crippen molar-refractivity contribution in [1.82, 2.24) is 19.3 Å². The number of hydrogen-bond donors (Lipinski definition) is 0. The molecule has 0 unspecified atom stereocenters. The van der Waals surface area contributed by atoms with E-state index < -0.39 is 0 Å². The Balaban J connectivity index is 1.43. The molecule has 7 heteroatoms. The second-order valence-corrected chi connectivity index (χ2v) is 9.19. The molecule has 0 spiro atoms. The topological polar surface area (TPSA) is 38.9 Å². The van der Waals surface area contributed by atoms with Gasteiger partial charge in [-0.05, 0) is 59.9 Å². The summed E-state index contributed by atoms with van der Waals surface area (Å²) in [6, 6.07) is 15.5. The fourth-order valence-electron chi connectivity index (χ4n) is 4.70. The summed E-state index contributed by atoms with van der Waals surface area (Å²) in [5.74, 6) is 1.37. The Morgan fingerprint density at radius 1 is 1.06 bits per heavy atom. The highest BCUT2D eigenvalue weighted by molar-refractivity contribution is 14.1. The molecule has 5 nitrogen and oxygen atoms in total. The Labute approximate surface area is 193 Å². The molecular weight excluding hydrogens is 504 g/mol. The van der Waals surface area contributed by atoms with Crippen LogP contribution in [0.5, 0.6) is 0 Å². The lowest BCUT2D eigenvalue weighted by molar-refractivity contribution is 0.628. The first-order chi connectivity index (χ1) is 15.2. The number of aromatic nitrogens is 4. The van der Waals surface area contributed by atoms with Gasteiger partial charge in [0.05, 0.1) is 11.4 Å². The number of alkyl halides is 1. The minimum absolute atomic E-state index is 0.225. The lowest BCUT2D eigenvalue weighted by Crippen LogP contribution is -2.20. The van der Waals surface area contributed by atoms with E-state index in [1.807, 2.05) is 16.8 Å². The number of halogens is 2. The third kappa shape index (κ3) is 3.26. The molecule has 0 aliphatic carbocycles. The number of benzene rings is 2. The van der Waals surface area contributed by atoms with Gasteiger partial charge in [-0.3, -0.25) is 0 Å². The fourth-order valence-corrected chi connectivity index (χ4v) is 5.42. The van der Waals surface area contributed by atoms with Crippen molar-refractivity contribution in [2.24, 2.45) is 5.92 Å². The van der Waals surface area contributed by atoms with Gasteiger partial charge in [0.2, 0.25) is 0 Å². The Bertz CT molecular complexity index is 1260. The average Bonchev–Trinajstić information content (AvgIpc) is 3.52. The van der Waals surface area contributed by atoms with Gasteiger partial charge in [0.1, 0.15) is 12.1 Å². The van der Waals surface area contributed by atoms with Crippen molar-refractivity contribution in [2.75, 3.05) is 22.4 Å². The van der Waals surface area contributed by atoms with Crippen LogP contribution in [0.15, 0.2) is 61.1 Å². The zero-order valence-electron chi connectivity index (χ0n) is 16.9. The number of rotatable bonds is 3. The van der Waals surface area contributed by atoms with E-state index in [9.17, 15) is 4.39 Å². The Kier molecular flexibility index (Phi) is 4.59. The molecular formula is C24H21FIN5. The Hall–Kier alpha value is -2.68. The lowest BCUT2D eigenvalue weighted by atomic mass is 10.1. The second kappa shape index (κ2) is 7.47. The van der Waals surface area contributed by atoms with E-state index in [1.165, 1.54) is 34.2 Å². The minimum Gasteiger partial charge on any atom is -0.371 e. The standard InChI is InChI=1S/C24H21FIN5/c25-20-3-1-17(2-4-20)18-10-23-24-27-15-28-31(24)22-6-5-21(9-19(22)14-30(23)13-18)29-8-7-16(11-26)12-29/h1-6,9-10,13,15-16H,7-8,11-12,14H2/t16-/m1/s1. The van der Waals surface area contributed by atoms with Crippen LogP contribution in [-0.4, -0.2) is 36.8 Å². The predicted octanol–water partition coefficient (Wildman–Crippen LogP) is 5.16. The molecule has 0 N–H and O–H groups in total. The third-order valence-corrected chi connectivity index (χ3v) is 7.60. The number of hydrogen-bond acceptors (Lipinski definition) is 3. The van der Waals surface area contributed by atoms with Crippen LogP contribution in [0.3, 0.4) is 0 Å². The number of fused-ring (bicyclic) bond motifs is 5. The molecule has 2 aliphatic rings. The van der Waals surface area contributed by atoms with E-state index in [1.54, 1.807) is 6.33 Å². The summed E-state index contributed by atoms with van der Waals surface area (Å²) in [5.41, 5.74) is 6.63. The van der Waals surface area contributed by atoms with E-state index in [0.717, 1.165) is 53.9 Å². The predicted molar refractivity (Wildman–Crippen MR) is 128 cm³/mol. The molecule has 31 heavy (non-hydrogen) atoms. The first-order valence-electron chi connectivity index (χ1n) is 10.5. The SMILES string of the molecule is Fc1ccc(-c2cc3n(c2)Cc2cc(N4CC[C@H](CI)C4)ccc2-n2ncnc2-3)cc1. The van der Waals surface area contributed by atoms with Crippen LogP contribution < -0.4 is 4.90 Å². The molecule has 4 heterocycles. The summed E-state index contributed by atoms with van der Waals surface area (Å²) < 4.78 is 18.8. The van der Waals surface area contributed by atoms with Gasteiger partial charge in [0.25, 0.3) is 0 Å². The first kappa shape index (κ1) is 19.0. The second-order valence-electron chi connectivity index (χ2n) is 8.31. The summed E-state index contributed by atoms with van der Waals surface area (Å²) in [6.45, 7) is 2.98. The molecule has 4 aromatic rings. The fraction of sp³-hybridized carbons (Fsp3) is 0.250. The molecule has 6 rings (SSSR count). The number of anilines is 1. The molecule has 0 bridgehead atoms. The highest BCUT2D eigenvalue weighted by Crippen LogP contribution is 2.35. The van der Waals surface area contributed by atoms with Gasteiger partial charge in [-0.25, -0.2) is 14.1 Å². The van der Waals surface area contributed by atoms with Gasteiger partial charge >= 0.3 is 0 Å². The summed E-state index contributed by atoms with van der Waals surface area (Å²) in [4.78, 5) is 7.06. The quantitative estimate of drug-likeness (QED) is 0.241. The van der Waals surface area contributed by atoms with Gasteiger partial charge in [-0.15, -0.1) is 0 Å². The van der Waals surface area contributed by atoms with Crippen LogP contribution in [-0.2, 0) is 6.54 Å². The normalized spacial score (nSPS) is 17.2. The summed E-state index contributed by atoms with van der Waals surface area (Å²) in [6.07, 6.45) is 5.00. The summed E-state index contributed by atoms with van der Waals surface area (Å²) in [5, 5.41) is 4.53. The van der Waals surface area contributed by atoms with Gasteiger partial charge in [-0.1, -0.05) is 34.7 Å². The molecule has 2 aliphatic heterocycles. The third-order valence-electron chi connectivity index (χ3n) is 6.35. The number of nitrogens with zero attached hydrogens (tertiary/aromatic N) is 5. The van der Waals surface area contributed by atoms with Crippen LogP contribution in [0.4, 0.5) is 10.1 Å². The van der Waals surface area contributed by atoms with E-state index in [0.29, 0.717) is 0 Å². The molecule has 1 atom stereocenters. The van der Waals surface area contributed by atoms with Crippen LogP contribution >= 0.6 is 22.6 Å². The van der Waals surface area contributed by atoms with E-state index in [2.05, 4.69) is 72.6 Å². The van der Waals surface area contributed by atoms with Crippen molar-refractivity contribution in [1.29, 1.82) is 0 Å². The maximum Gasteiger partial charge on any atom is 0.179 e. The average molecular weight is 525 g/mol. The van der Waals surface area contributed by atoms with Crippen molar-refractivity contribution >= 4 is 28.3 Å². The molecule has 0 amide bonds. The molecule has 2 aromatic heterocycles. The zero-order valence-corrected chi connectivity index (χ0v) is 19.0. The summed E-state index contributed by atoms with van der Waals surface area (Å²) >= 11 is 2.50. The van der Waals surface area contributed by atoms with Gasteiger partial charge in [0, 0.05) is 41.5 Å². The van der Waals surface area contributed by atoms with Crippen molar-refractivity contribution in [3.05, 3.63) is 72.4 Å². The highest BCUT2D eigenvalue weighted by Gasteiger charge is 2.25. The van der Waals surface area contributed by atoms with Crippen LogP contribution in [0.2, 0.25) is 0 Å². The van der Waals surface area contributed by atoms with Crippen molar-refractivity contribution < 1.29 is 4.39 Å². The molecule has 2 aromatic carbocycles. The van der Waals surface area contributed by atoms with Crippen molar-refractivity contribution in [3.63, 3.8) is 0 Å². The lowest BCUT2D eigenvalue weighted by Gasteiger charge is -2.20. The van der Waals surface area contributed by atoms with Crippen LogP contribution in [0, 0.1) is 11.7 Å². The van der Waals surface area contributed by atoms with E-state index in [-0.39, 0.29) is 5.82 Å². The highest BCUT2D eigenvalue weighted by atomic mass is 127. The minimum atomic E-state index is -0.225. The van der Waals surface area contributed by atoms with Crippen molar-refractivity contribution in [3.8, 4) is 28.3 Å². The van der Waals surface area contributed by atoms with Crippen molar-refractivity contribution in [2.45, 2.75) is 13.0 Å². The van der Waals surface area contributed by atoms with Crippen LogP contribution in [0.25, 0.3) is 28.3 Å². The molecule has 1 saturated heterocycles. The molecule has 0 saturated carbocycles.